The predicted octanol–water partition coefficient (Wildman–Crippen LogP) is 4.18. The Morgan fingerprint density at radius 2 is 1.86 bits per heavy atom. The lowest BCUT2D eigenvalue weighted by Crippen LogP contribution is -1.98. The smallest absolute Gasteiger partial charge is 0.0963 e. The minimum atomic E-state index is 0.925. The molecule has 3 rings (SSSR count). The molecule has 4 heteroatoms. The number of aryl methyl sites for hydroxylation is 2. The van der Waals surface area contributed by atoms with E-state index in [9.17, 15) is 0 Å². The van der Waals surface area contributed by atoms with Crippen molar-refractivity contribution in [2.24, 2.45) is 0 Å². The molecule has 3 nitrogen and oxygen atoms in total. The third-order valence-electron chi connectivity index (χ3n) is 3.21. The van der Waals surface area contributed by atoms with Crippen molar-refractivity contribution in [3.63, 3.8) is 0 Å². The fourth-order valence-corrected chi connectivity index (χ4v) is 3.03. The molecule has 0 fully saturated rings. The van der Waals surface area contributed by atoms with Gasteiger partial charge in [-0.3, -0.25) is 0 Å². The summed E-state index contributed by atoms with van der Waals surface area (Å²) in [6, 6.07) is 16.6. The first kappa shape index (κ1) is 13.9. The summed E-state index contributed by atoms with van der Waals surface area (Å²) >= 11 is 1.75. The Labute approximate surface area is 129 Å². The number of benzene rings is 1. The van der Waals surface area contributed by atoms with Gasteiger partial charge in [-0.05, 0) is 49.7 Å². The van der Waals surface area contributed by atoms with E-state index < -0.39 is 0 Å². The molecule has 0 aliphatic heterocycles. The van der Waals surface area contributed by atoms with Crippen LogP contribution in [-0.2, 0) is 5.75 Å². The molecule has 3 aromatic rings. The van der Waals surface area contributed by atoms with Crippen molar-refractivity contribution in [1.82, 2.24) is 14.8 Å². The van der Waals surface area contributed by atoms with E-state index >= 15 is 0 Å². The molecule has 0 saturated carbocycles. The van der Waals surface area contributed by atoms with Crippen LogP contribution >= 0.6 is 11.8 Å². The van der Waals surface area contributed by atoms with E-state index in [2.05, 4.69) is 47.3 Å². The van der Waals surface area contributed by atoms with Crippen LogP contribution in [0.1, 0.15) is 17.0 Å². The standard InChI is InChI=1S/C17H17N3S/c1-13-11-14(2)20(19-13)16-8-6-15(7-9-16)12-21-17-5-3-4-10-18-17/h3-11H,12H2,1-2H3. The van der Waals surface area contributed by atoms with Gasteiger partial charge in [0.05, 0.1) is 16.4 Å². The largest absolute Gasteiger partial charge is 0.250 e. The van der Waals surface area contributed by atoms with Crippen LogP contribution in [0.4, 0.5) is 0 Å². The predicted molar refractivity (Wildman–Crippen MR) is 86.8 cm³/mol. The van der Waals surface area contributed by atoms with Gasteiger partial charge in [0.25, 0.3) is 0 Å². The first-order valence-electron chi connectivity index (χ1n) is 6.89. The quantitative estimate of drug-likeness (QED) is 0.677. The van der Waals surface area contributed by atoms with Crippen LogP contribution < -0.4 is 0 Å². The summed E-state index contributed by atoms with van der Waals surface area (Å²) in [7, 11) is 0. The average Bonchev–Trinajstić information content (AvgIpc) is 2.85. The molecule has 21 heavy (non-hydrogen) atoms. The summed E-state index contributed by atoms with van der Waals surface area (Å²) in [6.07, 6.45) is 1.83. The van der Waals surface area contributed by atoms with Gasteiger partial charge >= 0.3 is 0 Å². The number of pyridine rings is 1. The van der Waals surface area contributed by atoms with E-state index in [1.54, 1.807) is 11.8 Å². The highest BCUT2D eigenvalue weighted by Gasteiger charge is 2.04. The Kier molecular flexibility index (Phi) is 4.06. The molecule has 0 aliphatic carbocycles. The lowest BCUT2D eigenvalue weighted by atomic mass is 10.2. The molecule has 106 valence electrons. The second-order valence-electron chi connectivity index (χ2n) is 4.96. The summed E-state index contributed by atoms with van der Waals surface area (Å²) in [4.78, 5) is 4.32. The van der Waals surface area contributed by atoms with Crippen LogP contribution in [0.25, 0.3) is 5.69 Å². The maximum absolute atomic E-state index is 4.51. The van der Waals surface area contributed by atoms with Crippen molar-refractivity contribution in [3.8, 4) is 5.69 Å². The van der Waals surface area contributed by atoms with Gasteiger partial charge in [-0.25, -0.2) is 9.67 Å². The van der Waals surface area contributed by atoms with E-state index in [1.165, 1.54) is 5.56 Å². The summed E-state index contributed by atoms with van der Waals surface area (Å²) in [6.45, 7) is 4.09. The maximum Gasteiger partial charge on any atom is 0.0963 e. The summed E-state index contributed by atoms with van der Waals surface area (Å²) in [5, 5.41) is 5.56. The second-order valence-corrected chi connectivity index (χ2v) is 5.96. The summed E-state index contributed by atoms with van der Waals surface area (Å²) < 4.78 is 1.98. The molecule has 0 spiro atoms. The van der Waals surface area contributed by atoms with E-state index in [0.717, 1.165) is 27.9 Å². The van der Waals surface area contributed by atoms with Crippen molar-refractivity contribution in [1.29, 1.82) is 0 Å². The molecule has 1 aromatic carbocycles. The van der Waals surface area contributed by atoms with Gasteiger partial charge in [0, 0.05) is 17.6 Å². The normalized spacial score (nSPS) is 10.8. The monoisotopic (exact) mass is 295 g/mol. The molecule has 0 bridgehead atoms. The summed E-state index contributed by atoms with van der Waals surface area (Å²) in [5.41, 5.74) is 4.59. The van der Waals surface area contributed by atoms with E-state index in [-0.39, 0.29) is 0 Å². The molecular weight excluding hydrogens is 278 g/mol. The number of rotatable bonds is 4. The highest BCUT2D eigenvalue weighted by Crippen LogP contribution is 2.21. The molecule has 0 unspecified atom stereocenters. The lowest BCUT2D eigenvalue weighted by molar-refractivity contribution is 0.833. The number of thioether (sulfide) groups is 1. The molecule has 0 amide bonds. The Balaban J connectivity index is 1.71. The lowest BCUT2D eigenvalue weighted by Gasteiger charge is -2.06. The fourth-order valence-electron chi connectivity index (χ4n) is 2.21. The van der Waals surface area contributed by atoms with Crippen molar-refractivity contribution in [2.75, 3.05) is 0 Å². The first-order valence-corrected chi connectivity index (χ1v) is 7.87. The third kappa shape index (κ3) is 3.34. The van der Waals surface area contributed by atoms with Crippen LogP contribution in [0, 0.1) is 13.8 Å². The number of hydrogen-bond acceptors (Lipinski definition) is 3. The van der Waals surface area contributed by atoms with Gasteiger partial charge in [0.15, 0.2) is 0 Å². The van der Waals surface area contributed by atoms with Crippen molar-refractivity contribution < 1.29 is 0 Å². The van der Waals surface area contributed by atoms with E-state index in [0.29, 0.717) is 0 Å². The van der Waals surface area contributed by atoms with Gasteiger partial charge < -0.3 is 0 Å². The number of nitrogens with zero attached hydrogens (tertiary/aromatic N) is 3. The van der Waals surface area contributed by atoms with Crippen LogP contribution in [0.15, 0.2) is 59.8 Å². The zero-order valence-corrected chi connectivity index (χ0v) is 13.0. The average molecular weight is 295 g/mol. The number of hydrogen-bond donors (Lipinski definition) is 0. The molecule has 0 aliphatic rings. The van der Waals surface area contributed by atoms with Gasteiger partial charge in [0.1, 0.15) is 0 Å². The van der Waals surface area contributed by atoms with Crippen LogP contribution in [0.2, 0.25) is 0 Å². The molecule has 0 radical (unpaired) electrons. The van der Waals surface area contributed by atoms with E-state index in [1.807, 2.05) is 36.0 Å². The first-order chi connectivity index (χ1) is 10.2. The molecule has 2 aromatic heterocycles. The SMILES string of the molecule is Cc1cc(C)n(-c2ccc(CSc3ccccn3)cc2)n1. The third-order valence-corrected chi connectivity index (χ3v) is 4.23. The Morgan fingerprint density at radius 3 is 2.48 bits per heavy atom. The second kappa shape index (κ2) is 6.14. The Hall–Kier alpha value is -2.07. The minimum absolute atomic E-state index is 0.925. The molecular formula is C17H17N3S. The van der Waals surface area contributed by atoms with Crippen LogP contribution in [0.3, 0.4) is 0 Å². The Bertz CT molecular complexity index is 718. The highest BCUT2D eigenvalue weighted by atomic mass is 32.2. The van der Waals surface area contributed by atoms with E-state index in [4.69, 9.17) is 0 Å². The molecule has 0 atom stereocenters. The van der Waals surface area contributed by atoms with Crippen LogP contribution in [-0.4, -0.2) is 14.8 Å². The van der Waals surface area contributed by atoms with Crippen molar-refractivity contribution >= 4 is 11.8 Å². The van der Waals surface area contributed by atoms with Gasteiger partial charge in [-0.1, -0.05) is 18.2 Å². The Morgan fingerprint density at radius 1 is 1.05 bits per heavy atom. The van der Waals surface area contributed by atoms with Gasteiger partial charge in [-0.2, -0.15) is 5.10 Å². The highest BCUT2D eigenvalue weighted by molar-refractivity contribution is 7.98. The number of aromatic nitrogens is 3. The maximum atomic E-state index is 4.51. The van der Waals surface area contributed by atoms with Crippen molar-refractivity contribution in [3.05, 3.63) is 71.7 Å². The topological polar surface area (TPSA) is 30.7 Å². The molecule has 2 heterocycles. The van der Waals surface area contributed by atoms with Gasteiger partial charge in [-0.15, -0.1) is 11.8 Å². The zero-order valence-electron chi connectivity index (χ0n) is 12.2. The van der Waals surface area contributed by atoms with Crippen LogP contribution in [0.5, 0.6) is 0 Å². The minimum Gasteiger partial charge on any atom is -0.250 e. The van der Waals surface area contributed by atoms with Gasteiger partial charge in [0.2, 0.25) is 0 Å². The fraction of sp³-hybridized carbons (Fsp3) is 0.176. The molecule has 0 saturated heterocycles. The summed E-state index contributed by atoms with van der Waals surface area (Å²) in [5.74, 6) is 0.925. The zero-order chi connectivity index (χ0) is 14.7. The molecule has 0 N–H and O–H groups in total. The van der Waals surface area contributed by atoms with Crippen molar-refractivity contribution in [2.45, 2.75) is 24.6 Å².